The van der Waals surface area contributed by atoms with Gasteiger partial charge in [-0.3, -0.25) is 0 Å². The Morgan fingerprint density at radius 2 is 1.41 bits per heavy atom. The SMILES string of the molecule is CN(C)CCNC(C)(C)CCN(C)C(C)(C)C. The number of hydrogen-bond acceptors (Lipinski definition) is 3. The third-order valence-electron chi connectivity index (χ3n) is 3.38. The Balaban J connectivity index is 3.93. The molecule has 0 aliphatic heterocycles. The largest absolute Gasteiger partial charge is 0.310 e. The van der Waals surface area contributed by atoms with Gasteiger partial charge in [0.2, 0.25) is 0 Å². The maximum Gasteiger partial charge on any atom is 0.0137 e. The summed E-state index contributed by atoms with van der Waals surface area (Å²) in [5.41, 5.74) is 0.481. The van der Waals surface area contributed by atoms with E-state index in [4.69, 9.17) is 0 Å². The van der Waals surface area contributed by atoms with Crippen molar-refractivity contribution in [3.63, 3.8) is 0 Å². The summed E-state index contributed by atoms with van der Waals surface area (Å²) in [5.74, 6) is 0. The highest BCUT2D eigenvalue weighted by Gasteiger charge is 2.21. The minimum Gasteiger partial charge on any atom is -0.310 e. The van der Waals surface area contributed by atoms with E-state index in [9.17, 15) is 0 Å². The molecule has 0 aromatic rings. The van der Waals surface area contributed by atoms with Crippen molar-refractivity contribution >= 4 is 0 Å². The normalized spacial score (nSPS) is 13.8. The van der Waals surface area contributed by atoms with Crippen molar-refractivity contribution in [2.75, 3.05) is 40.8 Å². The van der Waals surface area contributed by atoms with Gasteiger partial charge in [0.05, 0.1) is 0 Å². The Morgan fingerprint density at radius 3 is 1.82 bits per heavy atom. The second-order valence-corrected chi connectivity index (χ2v) is 6.96. The number of hydrogen-bond donors (Lipinski definition) is 1. The summed E-state index contributed by atoms with van der Waals surface area (Å²) in [5, 5.41) is 3.63. The van der Waals surface area contributed by atoms with Gasteiger partial charge in [0, 0.05) is 30.7 Å². The van der Waals surface area contributed by atoms with Crippen LogP contribution in [0.5, 0.6) is 0 Å². The summed E-state index contributed by atoms with van der Waals surface area (Å²) in [6.45, 7) is 14.7. The van der Waals surface area contributed by atoms with Gasteiger partial charge >= 0.3 is 0 Å². The first kappa shape index (κ1) is 16.9. The molecule has 0 unspecified atom stereocenters. The molecule has 0 amide bonds. The zero-order valence-electron chi connectivity index (χ0n) is 13.2. The predicted octanol–water partition coefficient (Wildman–Crippen LogP) is 2.04. The Hall–Kier alpha value is -0.120. The molecule has 0 saturated heterocycles. The molecule has 0 saturated carbocycles. The van der Waals surface area contributed by atoms with E-state index in [2.05, 4.69) is 70.9 Å². The standard InChI is InChI=1S/C14H33N3/c1-13(2,3)17(8)11-9-14(4,5)15-10-12-16(6)7/h15H,9-12H2,1-8H3. The van der Waals surface area contributed by atoms with Crippen LogP contribution in [0, 0.1) is 0 Å². The lowest BCUT2D eigenvalue weighted by atomic mass is 9.98. The third-order valence-corrected chi connectivity index (χ3v) is 3.38. The number of nitrogens with one attached hydrogen (secondary N) is 1. The molecule has 17 heavy (non-hydrogen) atoms. The summed E-state index contributed by atoms with van der Waals surface area (Å²) >= 11 is 0. The Morgan fingerprint density at radius 1 is 0.882 bits per heavy atom. The fourth-order valence-corrected chi connectivity index (χ4v) is 1.49. The third kappa shape index (κ3) is 8.58. The Kier molecular flexibility index (Phi) is 6.67. The quantitative estimate of drug-likeness (QED) is 0.738. The van der Waals surface area contributed by atoms with E-state index in [0.717, 1.165) is 19.6 Å². The van der Waals surface area contributed by atoms with E-state index in [1.165, 1.54) is 6.42 Å². The molecule has 0 bridgehead atoms. The van der Waals surface area contributed by atoms with Crippen molar-refractivity contribution in [1.29, 1.82) is 0 Å². The molecule has 0 atom stereocenters. The maximum absolute atomic E-state index is 3.63. The minimum atomic E-state index is 0.218. The van der Waals surface area contributed by atoms with Crippen LogP contribution in [0.25, 0.3) is 0 Å². The molecule has 3 heteroatoms. The zero-order valence-corrected chi connectivity index (χ0v) is 13.2. The van der Waals surface area contributed by atoms with Crippen LogP contribution in [-0.2, 0) is 0 Å². The number of rotatable bonds is 7. The first-order valence-electron chi connectivity index (χ1n) is 6.65. The van der Waals surface area contributed by atoms with Crippen LogP contribution in [-0.4, -0.2) is 61.7 Å². The first-order valence-corrected chi connectivity index (χ1v) is 6.65. The van der Waals surface area contributed by atoms with Crippen LogP contribution in [0.15, 0.2) is 0 Å². The van der Waals surface area contributed by atoms with Gasteiger partial charge in [-0.25, -0.2) is 0 Å². The molecule has 0 radical (unpaired) electrons. The summed E-state index contributed by atoms with van der Waals surface area (Å²) < 4.78 is 0. The van der Waals surface area contributed by atoms with E-state index >= 15 is 0 Å². The average Bonchev–Trinajstić information content (AvgIpc) is 2.11. The van der Waals surface area contributed by atoms with E-state index in [-0.39, 0.29) is 11.1 Å². The maximum atomic E-state index is 3.63. The molecule has 1 N–H and O–H groups in total. The highest BCUT2D eigenvalue weighted by molar-refractivity contribution is 4.81. The van der Waals surface area contributed by atoms with Crippen LogP contribution >= 0.6 is 0 Å². The molecule has 0 aromatic heterocycles. The van der Waals surface area contributed by atoms with Crippen LogP contribution in [0.1, 0.15) is 41.0 Å². The highest BCUT2D eigenvalue weighted by atomic mass is 15.2. The molecule has 0 fully saturated rings. The Bertz CT molecular complexity index is 204. The summed E-state index contributed by atoms with van der Waals surface area (Å²) in [4.78, 5) is 4.63. The first-order chi connectivity index (χ1) is 7.54. The molecule has 0 heterocycles. The van der Waals surface area contributed by atoms with Gasteiger partial charge in [-0.05, 0) is 62.2 Å². The van der Waals surface area contributed by atoms with Gasteiger partial charge in [-0.15, -0.1) is 0 Å². The minimum absolute atomic E-state index is 0.218. The van der Waals surface area contributed by atoms with Gasteiger partial charge in [0.15, 0.2) is 0 Å². The van der Waals surface area contributed by atoms with E-state index in [1.807, 2.05) is 0 Å². The van der Waals surface area contributed by atoms with Crippen molar-refractivity contribution in [3.05, 3.63) is 0 Å². The second kappa shape index (κ2) is 6.72. The predicted molar refractivity (Wildman–Crippen MR) is 77.6 cm³/mol. The van der Waals surface area contributed by atoms with Crippen molar-refractivity contribution in [3.8, 4) is 0 Å². The monoisotopic (exact) mass is 243 g/mol. The van der Waals surface area contributed by atoms with Gasteiger partial charge in [-0.2, -0.15) is 0 Å². The average molecular weight is 243 g/mol. The second-order valence-electron chi connectivity index (χ2n) is 6.96. The van der Waals surface area contributed by atoms with Crippen molar-refractivity contribution in [2.24, 2.45) is 0 Å². The lowest BCUT2D eigenvalue weighted by Crippen LogP contribution is -2.47. The van der Waals surface area contributed by atoms with E-state index < -0.39 is 0 Å². The van der Waals surface area contributed by atoms with Gasteiger partial charge < -0.3 is 15.1 Å². The smallest absolute Gasteiger partial charge is 0.0137 e. The van der Waals surface area contributed by atoms with Crippen LogP contribution in [0.4, 0.5) is 0 Å². The topological polar surface area (TPSA) is 18.5 Å². The number of nitrogens with zero attached hydrogens (tertiary/aromatic N) is 2. The summed E-state index contributed by atoms with van der Waals surface area (Å²) in [6, 6.07) is 0. The van der Waals surface area contributed by atoms with E-state index in [0.29, 0.717) is 0 Å². The fourth-order valence-electron chi connectivity index (χ4n) is 1.49. The fraction of sp³-hybridized carbons (Fsp3) is 1.00. The van der Waals surface area contributed by atoms with Crippen molar-refractivity contribution in [1.82, 2.24) is 15.1 Å². The van der Waals surface area contributed by atoms with Crippen molar-refractivity contribution < 1.29 is 0 Å². The molecule has 0 rings (SSSR count). The summed E-state index contributed by atoms with van der Waals surface area (Å²) in [6.07, 6.45) is 1.17. The molecular formula is C14H33N3. The van der Waals surface area contributed by atoms with Crippen LogP contribution in [0.2, 0.25) is 0 Å². The molecule has 0 aromatic carbocycles. The number of likely N-dealkylation sites (N-methyl/N-ethyl adjacent to an activating group) is 1. The van der Waals surface area contributed by atoms with Crippen molar-refractivity contribution in [2.45, 2.75) is 52.1 Å². The van der Waals surface area contributed by atoms with E-state index in [1.54, 1.807) is 0 Å². The molecule has 3 nitrogen and oxygen atoms in total. The lowest BCUT2D eigenvalue weighted by molar-refractivity contribution is 0.156. The highest BCUT2D eigenvalue weighted by Crippen LogP contribution is 2.15. The summed E-state index contributed by atoms with van der Waals surface area (Å²) in [7, 11) is 6.43. The van der Waals surface area contributed by atoms with Gasteiger partial charge in [0.1, 0.15) is 0 Å². The molecule has 104 valence electrons. The van der Waals surface area contributed by atoms with Crippen LogP contribution in [0.3, 0.4) is 0 Å². The van der Waals surface area contributed by atoms with Gasteiger partial charge in [-0.1, -0.05) is 0 Å². The molecule has 0 aliphatic carbocycles. The molecule has 0 aliphatic rings. The van der Waals surface area contributed by atoms with Crippen LogP contribution < -0.4 is 5.32 Å². The Labute approximate surface area is 109 Å². The zero-order chi connectivity index (χ0) is 13.7. The lowest BCUT2D eigenvalue weighted by Gasteiger charge is -2.35. The molecule has 0 spiro atoms. The van der Waals surface area contributed by atoms with Gasteiger partial charge in [0.25, 0.3) is 0 Å². The molecular weight excluding hydrogens is 210 g/mol.